The molecule has 6 heteroatoms. The quantitative estimate of drug-likeness (QED) is 0.464. The number of carbonyl (C=O) groups is 2. The Kier molecular flexibility index (Phi) is 6.49. The first-order valence-corrected chi connectivity index (χ1v) is 6.10. The van der Waals surface area contributed by atoms with Gasteiger partial charge in [0.05, 0.1) is 7.11 Å². The number of hydrogen-bond donors (Lipinski definition) is 1. The normalized spacial score (nSPS) is 10.0. The highest BCUT2D eigenvalue weighted by atomic mass is 19.1. The van der Waals surface area contributed by atoms with Crippen molar-refractivity contribution in [1.82, 2.24) is 10.3 Å². The molecule has 1 amide bonds. The van der Waals surface area contributed by atoms with E-state index in [4.69, 9.17) is 0 Å². The van der Waals surface area contributed by atoms with E-state index >= 15 is 0 Å². The summed E-state index contributed by atoms with van der Waals surface area (Å²) in [6.07, 6.45) is 3.95. The Morgan fingerprint density at radius 1 is 1.37 bits per heavy atom. The summed E-state index contributed by atoms with van der Waals surface area (Å²) in [5, 5.41) is 2.68. The summed E-state index contributed by atoms with van der Waals surface area (Å²) in [6.45, 7) is 0.490. The first-order valence-electron chi connectivity index (χ1n) is 6.10. The standard InChI is InChI=1S/C13H17FN2O3/c1-19-12(17)5-3-2-4-7-16-13(18)10-6-8-15-11(14)9-10/h6,8-9H,2-5,7H2,1H3,(H,16,18). The van der Waals surface area contributed by atoms with Crippen LogP contribution in [0, 0.1) is 5.95 Å². The van der Waals surface area contributed by atoms with Crippen molar-refractivity contribution in [3.05, 3.63) is 29.8 Å². The molecule has 1 heterocycles. The molecule has 0 aliphatic carbocycles. The average molecular weight is 268 g/mol. The van der Waals surface area contributed by atoms with Crippen LogP contribution in [0.4, 0.5) is 4.39 Å². The van der Waals surface area contributed by atoms with E-state index in [9.17, 15) is 14.0 Å². The molecule has 0 radical (unpaired) electrons. The van der Waals surface area contributed by atoms with Crippen LogP contribution < -0.4 is 5.32 Å². The van der Waals surface area contributed by atoms with E-state index in [0.29, 0.717) is 13.0 Å². The minimum atomic E-state index is -0.675. The van der Waals surface area contributed by atoms with Crippen molar-refractivity contribution in [2.45, 2.75) is 25.7 Å². The number of pyridine rings is 1. The van der Waals surface area contributed by atoms with Crippen molar-refractivity contribution < 1.29 is 18.7 Å². The van der Waals surface area contributed by atoms with E-state index in [1.54, 1.807) is 0 Å². The second-order valence-corrected chi connectivity index (χ2v) is 4.01. The Morgan fingerprint density at radius 3 is 2.84 bits per heavy atom. The molecule has 0 saturated carbocycles. The van der Waals surface area contributed by atoms with Gasteiger partial charge in [0, 0.05) is 30.8 Å². The van der Waals surface area contributed by atoms with Crippen LogP contribution in [0.15, 0.2) is 18.3 Å². The van der Waals surface area contributed by atoms with Crippen LogP contribution in [0.2, 0.25) is 0 Å². The van der Waals surface area contributed by atoms with Crippen LogP contribution in [0.3, 0.4) is 0 Å². The zero-order valence-electron chi connectivity index (χ0n) is 10.8. The number of carbonyl (C=O) groups excluding carboxylic acids is 2. The van der Waals surface area contributed by atoms with Gasteiger partial charge in [0.15, 0.2) is 0 Å². The molecule has 1 aromatic heterocycles. The van der Waals surface area contributed by atoms with Gasteiger partial charge < -0.3 is 10.1 Å². The molecular weight excluding hydrogens is 251 g/mol. The second kappa shape index (κ2) is 8.18. The number of aromatic nitrogens is 1. The van der Waals surface area contributed by atoms with Crippen LogP contribution >= 0.6 is 0 Å². The van der Waals surface area contributed by atoms with Crippen LogP contribution in [0.25, 0.3) is 0 Å². The maximum absolute atomic E-state index is 12.8. The summed E-state index contributed by atoms with van der Waals surface area (Å²) >= 11 is 0. The maximum atomic E-state index is 12.8. The lowest BCUT2D eigenvalue weighted by molar-refractivity contribution is -0.140. The summed E-state index contributed by atoms with van der Waals surface area (Å²) in [7, 11) is 1.36. The zero-order valence-corrected chi connectivity index (χ0v) is 10.8. The number of ether oxygens (including phenoxy) is 1. The van der Waals surface area contributed by atoms with Crippen LogP contribution in [0.5, 0.6) is 0 Å². The number of methoxy groups -OCH3 is 1. The number of nitrogens with zero attached hydrogens (tertiary/aromatic N) is 1. The molecule has 0 spiro atoms. The van der Waals surface area contributed by atoms with Gasteiger partial charge in [0.25, 0.3) is 5.91 Å². The smallest absolute Gasteiger partial charge is 0.305 e. The number of rotatable bonds is 7. The number of nitrogens with one attached hydrogen (secondary N) is 1. The van der Waals surface area contributed by atoms with Gasteiger partial charge in [0.2, 0.25) is 5.95 Å². The van der Waals surface area contributed by atoms with Gasteiger partial charge in [-0.2, -0.15) is 4.39 Å². The number of halogens is 1. The van der Waals surface area contributed by atoms with Crippen LogP contribution in [-0.4, -0.2) is 30.5 Å². The molecule has 19 heavy (non-hydrogen) atoms. The van der Waals surface area contributed by atoms with E-state index in [0.717, 1.165) is 25.3 Å². The molecule has 0 fully saturated rings. The molecule has 5 nitrogen and oxygen atoms in total. The highest BCUT2D eigenvalue weighted by molar-refractivity contribution is 5.93. The summed E-state index contributed by atoms with van der Waals surface area (Å²) in [5.41, 5.74) is 0.252. The molecule has 0 atom stereocenters. The topological polar surface area (TPSA) is 68.3 Å². The molecule has 0 bridgehead atoms. The van der Waals surface area contributed by atoms with Gasteiger partial charge in [-0.05, 0) is 18.9 Å². The number of esters is 1. The third-order valence-electron chi connectivity index (χ3n) is 2.56. The van der Waals surface area contributed by atoms with Gasteiger partial charge in [0.1, 0.15) is 0 Å². The Hall–Kier alpha value is -1.98. The molecule has 1 N–H and O–H groups in total. The minimum Gasteiger partial charge on any atom is -0.469 e. The molecule has 0 aromatic carbocycles. The number of hydrogen-bond acceptors (Lipinski definition) is 4. The lowest BCUT2D eigenvalue weighted by atomic mass is 10.2. The van der Waals surface area contributed by atoms with Crippen LogP contribution in [-0.2, 0) is 9.53 Å². The summed E-state index contributed by atoms with van der Waals surface area (Å²) in [6, 6.07) is 2.54. The Bertz CT molecular complexity index is 438. The molecule has 104 valence electrons. The first-order chi connectivity index (χ1) is 9.13. The second-order valence-electron chi connectivity index (χ2n) is 4.01. The largest absolute Gasteiger partial charge is 0.469 e. The Balaban J connectivity index is 2.16. The van der Waals surface area contributed by atoms with Crippen molar-refractivity contribution in [3.63, 3.8) is 0 Å². The molecule has 1 aromatic rings. The fourth-order valence-electron chi connectivity index (χ4n) is 1.52. The van der Waals surface area contributed by atoms with Gasteiger partial charge in [-0.25, -0.2) is 4.98 Å². The fourth-order valence-corrected chi connectivity index (χ4v) is 1.52. The van der Waals surface area contributed by atoms with Gasteiger partial charge in [-0.3, -0.25) is 9.59 Å². The van der Waals surface area contributed by atoms with E-state index in [1.165, 1.54) is 19.4 Å². The van der Waals surface area contributed by atoms with Gasteiger partial charge in [-0.15, -0.1) is 0 Å². The summed E-state index contributed by atoms with van der Waals surface area (Å²) < 4.78 is 17.3. The van der Waals surface area contributed by atoms with Gasteiger partial charge >= 0.3 is 5.97 Å². The van der Waals surface area contributed by atoms with Gasteiger partial charge in [-0.1, -0.05) is 6.42 Å². The van der Waals surface area contributed by atoms with E-state index < -0.39 is 5.95 Å². The van der Waals surface area contributed by atoms with Crippen molar-refractivity contribution in [2.75, 3.05) is 13.7 Å². The number of amides is 1. The minimum absolute atomic E-state index is 0.226. The van der Waals surface area contributed by atoms with Crippen LogP contribution in [0.1, 0.15) is 36.0 Å². The highest BCUT2D eigenvalue weighted by Gasteiger charge is 2.06. The summed E-state index contributed by atoms with van der Waals surface area (Å²) in [5.74, 6) is -1.23. The Labute approximate surface area is 111 Å². The Morgan fingerprint density at radius 2 is 2.16 bits per heavy atom. The summed E-state index contributed by atoms with van der Waals surface area (Å²) in [4.78, 5) is 25.8. The van der Waals surface area contributed by atoms with E-state index in [-0.39, 0.29) is 17.4 Å². The molecular formula is C13H17FN2O3. The van der Waals surface area contributed by atoms with Crippen molar-refractivity contribution in [3.8, 4) is 0 Å². The molecule has 1 rings (SSSR count). The third-order valence-corrected chi connectivity index (χ3v) is 2.56. The number of unbranched alkanes of at least 4 members (excludes halogenated alkanes) is 2. The molecule has 0 aliphatic rings. The predicted octanol–water partition coefficient (Wildman–Crippen LogP) is 1.68. The molecule has 0 saturated heterocycles. The lowest BCUT2D eigenvalue weighted by Crippen LogP contribution is -2.24. The van der Waals surface area contributed by atoms with E-state index in [1.807, 2.05) is 0 Å². The van der Waals surface area contributed by atoms with Crippen molar-refractivity contribution in [2.24, 2.45) is 0 Å². The first kappa shape index (κ1) is 15.1. The van der Waals surface area contributed by atoms with Crippen molar-refractivity contribution in [1.29, 1.82) is 0 Å². The average Bonchev–Trinajstić information content (AvgIpc) is 2.42. The predicted molar refractivity (Wildman–Crippen MR) is 67.0 cm³/mol. The molecule has 0 unspecified atom stereocenters. The fraction of sp³-hybridized carbons (Fsp3) is 0.462. The highest BCUT2D eigenvalue weighted by Crippen LogP contribution is 2.02. The molecule has 0 aliphatic heterocycles. The third kappa shape index (κ3) is 5.94. The lowest BCUT2D eigenvalue weighted by Gasteiger charge is -2.05. The zero-order chi connectivity index (χ0) is 14.1. The SMILES string of the molecule is COC(=O)CCCCCNC(=O)c1ccnc(F)c1. The maximum Gasteiger partial charge on any atom is 0.305 e. The monoisotopic (exact) mass is 268 g/mol. The van der Waals surface area contributed by atoms with E-state index in [2.05, 4.69) is 15.0 Å². The van der Waals surface area contributed by atoms with Crippen molar-refractivity contribution >= 4 is 11.9 Å².